The zero-order valence-corrected chi connectivity index (χ0v) is 14.5. The Hall–Kier alpha value is -2.39. The molecule has 25 heavy (non-hydrogen) atoms. The van der Waals surface area contributed by atoms with Gasteiger partial charge in [0.25, 0.3) is 0 Å². The van der Waals surface area contributed by atoms with Crippen LogP contribution in [0, 0.1) is 0 Å². The molecular formula is C16H20N4O4S. The summed E-state index contributed by atoms with van der Waals surface area (Å²) in [7, 11) is 0. The molecule has 0 atom stereocenters. The van der Waals surface area contributed by atoms with Gasteiger partial charge in [0, 0.05) is 31.7 Å². The Kier molecular flexibility index (Phi) is 5.67. The van der Waals surface area contributed by atoms with E-state index in [0.717, 1.165) is 28.4 Å². The molecule has 8 nitrogen and oxygen atoms in total. The summed E-state index contributed by atoms with van der Waals surface area (Å²) in [5, 5.41) is 14.9. The van der Waals surface area contributed by atoms with E-state index in [1.165, 1.54) is 0 Å². The lowest BCUT2D eigenvalue weighted by atomic mass is 10.3. The van der Waals surface area contributed by atoms with Crippen molar-refractivity contribution in [3.8, 4) is 0 Å². The van der Waals surface area contributed by atoms with Crippen LogP contribution >= 0.6 is 11.3 Å². The van der Waals surface area contributed by atoms with Crippen LogP contribution in [0.5, 0.6) is 0 Å². The smallest absolute Gasteiger partial charge is 0.319 e. The SMILES string of the molecule is O=C(O)CCCNC(=O)Nc1ccc2nc(N3CCOCC3)sc2c1. The number of hydrogen-bond donors (Lipinski definition) is 3. The average molecular weight is 364 g/mol. The van der Waals surface area contributed by atoms with Gasteiger partial charge in [-0.15, -0.1) is 0 Å². The van der Waals surface area contributed by atoms with E-state index in [-0.39, 0.29) is 12.5 Å². The summed E-state index contributed by atoms with van der Waals surface area (Å²) in [5.74, 6) is -0.867. The standard InChI is InChI=1S/C16H20N4O4S/c21-14(22)2-1-5-17-15(23)18-11-3-4-12-13(10-11)25-16(19-12)20-6-8-24-9-7-20/h3-4,10H,1-2,5-9H2,(H,21,22)(H2,17,18,23). The minimum absolute atomic E-state index is 0.0391. The first kappa shape index (κ1) is 17.4. The number of nitrogens with zero attached hydrogens (tertiary/aromatic N) is 2. The van der Waals surface area contributed by atoms with Crippen molar-refractivity contribution >= 4 is 44.4 Å². The number of benzene rings is 1. The van der Waals surface area contributed by atoms with Crippen LogP contribution in [0.2, 0.25) is 0 Å². The predicted molar refractivity (Wildman–Crippen MR) is 96.5 cm³/mol. The van der Waals surface area contributed by atoms with E-state index in [2.05, 4.69) is 20.5 Å². The molecule has 1 aliphatic rings. The number of amides is 2. The zero-order valence-electron chi connectivity index (χ0n) is 13.7. The monoisotopic (exact) mass is 364 g/mol. The van der Waals surface area contributed by atoms with Crippen LogP contribution in [-0.2, 0) is 9.53 Å². The van der Waals surface area contributed by atoms with Crippen LogP contribution in [0.4, 0.5) is 15.6 Å². The van der Waals surface area contributed by atoms with Crippen LogP contribution in [0.1, 0.15) is 12.8 Å². The second-order valence-corrected chi connectivity index (χ2v) is 6.67. The summed E-state index contributed by atoms with van der Waals surface area (Å²) >= 11 is 1.59. The lowest BCUT2D eigenvalue weighted by Crippen LogP contribution is -2.36. The number of carbonyl (C=O) groups is 2. The number of aliphatic carboxylic acids is 1. The molecule has 0 aliphatic carbocycles. The highest BCUT2D eigenvalue weighted by atomic mass is 32.1. The fraction of sp³-hybridized carbons (Fsp3) is 0.438. The first-order valence-corrected chi connectivity index (χ1v) is 8.93. The van der Waals surface area contributed by atoms with E-state index in [1.54, 1.807) is 11.3 Å². The molecule has 0 radical (unpaired) electrons. The Morgan fingerprint density at radius 2 is 2.12 bits per heavy atom. The molecule has 9 heteroatoms. The lowest BCUT2D eigenvalue weighted by Gasteiger charge is -2.25. The molecule has 0 spiro atoms. The Bertz CT molecular complexity index is 758. The van der Waals surface area contributed by atoms with E-state index in [4.69, 9.17) is 9.84 Å². The number of morpholine rings is 1. The summed E-state index contributed by atoms with van der Waals surface area (Å²) in [6, 6.07) is 5.24. The van der Waals surface area contributed by atoms with Crippen molar-refractivity contribution < 1.29 is 19.4 Å². The Balaban J connectivity index is 1.58. The van der Waals surface area contributed by atoms with Crippen molar-refractivity contribution in [1.82, 2.24) is 10.3 Å². The van der Waals surface area contributed by atoms with E-state index in [9.17, 15) is 9.59 Å². The number of carbonyl (C=O) groups excluding carboxylic acids is 1. The highest BCUT2D eigenvalue weighted by molar-refractivity contribution is 7.22. The van der Waals surface area contributed by atoms with Gasteiger partial charge >= 0.3 is 12.0 Å². The van der Waals surface area contributed by atoms with Gasteiger partial charge in [-0.2, -0.15) is 0 Å². The summed E-state index contributed by atoms with van der Waals surface area (Å²) < 4.78 is 6.36. The summed E-state index contributed by atoms with van der Waals surface area (Å²) in [4.78, 5) is 29.1. The number of carboxylic acids is 1. The molecule has 0 saturated carbocycles. The zero-order chi connectivity index (χ0) is 17.6. The Labute approximate surface area is 148 Å². The van der Waals surface area contributed by atoms with Crippen LogP contribution in [-0.4, -0.2) is 54.9 Å². The molecule has 3 rings (SSSR count). The number of anilines is 2. The maximum absolute atomic E-state index is 11.8. The predicted octanol–water partition coefficient (Wildman–Crippen LogP) is 2.12. The van der Waals surface area contributed by atoms with Crippen LogP contribution in [0.3, 0.4) is 0 Å². The Morgan fingerprint density at radius 1 is 1.32 bits per heavy atom. The minimum Gasteiger partial charge on any atom is -0.481 e. The molecule has 3 N–H and O–H groups in total. The van der Waals surface area contributed by atoms with E-state index in [1.807, 2.05) is 18.2 Å². The van der Waals surface area contributed by atoms with Gasteiger partial charge in [-0.3, -0.25) is 4.79 Å². The van der Waals surface area contributed by atoms with Crippen molar-refractivity contribution in [2.45, 2.75) is 12.8 Å². The molecule has 134 valence electrons. The largest absolute Gasteiger partial charge is 0.481 e. The Morgan fingerprint density at radius 3 is 2.88 bits per heavy atom. The molecular weight excluding hydrogens is 344 g/mol. The molecule has 2 amide bonds. The van der Waals surface area contributed by atoms with Crippen molar-refractivity contribution in [2.75, 3.05) is 43.1 Å². The van der Waals surface area contributed by atoms with E-state index >= 15 is 0 Å². The summed E-state index contributed by atoms with van der Waals surface area (Å²) in [6.07, 6.45) is 0.441. The molecule has 1 aliphatic heterocycles. The number of ether oxygens (including phenoxy) is 1. The molecule has 1 aromatic carbocycles. The van der Waals surface area contributed by atoms with Gasteiger partial charge in [-0.05, 0) is 24.6 Å². The van der Waals surface area contributed by atoms with Gasteiger partial charge in [0.15, 0.2) is 5.13 Å². The van der Waals surface area contributed by atoms with Crippen molar-refractivity contribution in [1.29, 1.82) is 0 Å². The number of nitrogens with one attached hydrogen (secondary N) is 2. The van der Waals surface area contributed by atoms with Crippen LogP contribution in [0.15, 0.2) is 18.2 Å². The molecule has 1 saturated heterocycles. The van der Waals surface area contributed by atoms with Gasteiger partial charge in [-0.25, -0.2) is 9.78 Å². The fourth-order valence-electron chi connectivity index (χ4n) is 2.50. The number of aromatic nitrogens is 1. The average Bonchev–Trinajstić information content (AvgIpc) is 3.03. The van der Waals surface area contributed by atoms with Gasteiger partial charge in [0.1, 0.15) is 0 Å². The molecule has 2 aromatic rings. The number of rotatable bonds is 6. The molecule has 2 heterocycles. The second kappa shape index (κ2) is 8.13. The third-order valence-electron chi connectivity index (χ3n) is 3.77. The van der Waals surface area contributed by atoms with Crippen LogP contribution < -0.4 is 15.5 Å². The van der Waals surface area contributed by atoms with Gasteiger partial charge in [0.05, 0.1) is 23.4 Å². The van der Waals surface area contributed by atoms with Gasteiger partial charge in [0.2, 0.25) is 0 Å². The van der Waals surface area contributed by atoms with Crippen LogP contribution in [0.25, 0.3) is 10.2 Å². The first-order valence-electron chi connectivity index (χ1n) is 8.12. The van der Waals surface area contributed by atoms with E-state index in [0.29, 0.717) is 31.9 Å². The third kappa shape index (κ3) is 4.80. The topological polar surface area (TPSA) is 104 Å². The number of thiazole rings is 1. The second-order valence-electron chi connectivity index (χ2n) is 5.66. The minimum atomic E-state index is -0.867. The highest BCUT2D eigenvalue weighted by Crippen LogP contribution is 2.31. The molecule has 1 fully saturated rings. The number of carboxylic acid groups (broad SMARTS) is 1. The summed E-state index contributed by atoms with van der Waals surface area (Å²) in [5.41, 5.74) is 1.58. The molecule has 0 bridgehead atoms. The summed E-state index contributed by atoms with van der Waals surface area (Å²) in [6.45, 7) is 3.42. The van der Waals surface area contributed by atoms with Crippen molar-refractivity contribution in [3.05, 3.63) is 18.2 Å². The highest BCUT2D eigenvalue weighted by Gasteiger charge is 2.15. The maximum Gasteiger partial charge on any atom is 0.319 e. The number of urea groups is 1. The third-order valence-corrected chi connectivity index (χ3v) is 4.85. The fourth-order valence-corrected chi connectivity index (χ4v) is 3.55. The van der Waals surface area contributed by atoms with E-state index < -0.39 is 5.97 Å². The quantitative estimate of drug-likeness (QED) is 0.679. The maximum atomic E-state index is 11.8. The van der Waals surface area contributed by atoms with Gasteiger partial charge in [-0.1, -0.05) is 11.3 Å². The normalized spacial score (nSPS) is 14.5. The first-order chi connectivity index (χ1) is 12.1. The number of fused-ring (bicyclic) bond motifs is 1. The molecule has 1 aromatic heterocycles. The molecule has 0 unspecified atom stereocenters. The lowest BCUT2D eigenvalue weighted by molar-refractivity contribution is -0.137. The van der Waals surface area contributed by atoms with Crippen molar-refractivity contribution in [3.63, 3.8) is 0 Å². The van der Waals surface area contributed by atoms with Crippen molar-refractivity contribution in [2.24, 2.45) is 0 Å². The van der Waals surface area contributed by atoms with Gasteiger partial charge < -0.3 is 25.4 Å². The number of hydrogen-bond acceptors (Lipinski definition) is 6.